The molecule has 114 valence electrons. The molecule has 0 radical (unpaired) electrons. The van der Waals surface area contributed by atoms with Crippen LogP contribution in [0.5, 0.6) is 0 Å². The summed E-state index contributed by atoms with van der Waals surface area (Å²) in [5, 5.41) is 0. The first-order valence-electron chi connectivity index (χ1n) is 7.26. The van der Waals surface area contributed by atoms with Gasteiger partial charge in [0.1, 0.15) is 0 Å². The summed E-state index contributed by atoms with van der Waals surface area (Å²) in [5.74, 6) is 0.351. The smallest absolute Gasteiger partial charge is 0.274 e. The van der Waals surface area contributed by atoms with Gasteiger partial charge in [0.2, 0.25) is 5.91 Å². The highest BCUT2D eigenvalue weighted by Crippen LogP contribution is 2.13. The standard InChI is InChI=1S/C15H22N4O2/c1-11(2)10-13(20)18-6-8-19(9-7-18)15(21)14-12(16)4-3-5-17-14/h3-5,11H,6-10,16H2,1-2H3. The van der Waals surface area contributed by atoms with Crippen LogP contribution in [0.2, 0.25) is 0 Å². The lowest BCUT2D eigenvalue weighted by atomic mass is 10.1. The Morgan fingerprint density at radius 1 is 1.24 bits per heavy atom. The van der Waals surface area contributed by atoms with Crippen LogP contribution in [0.1, 0.15) is 30.8 Å². The predicted molar refractivity (Wildman–Crippen MR) is 80.6 cm³/mol. The van der Waals surface area contributed by atoms with Crippen molar-refractivity contribution in [1.82, 2.24) is 14.8 Å². The molecule has 2 N–H and O–H groups in total. The van der Waals surface area contributed by atoms with E-state index in [0.29, 0.717) is 49.9 Å². The molecule has 1 aromatic rings. The van der Waals surface area contributed by atoms with Gasteiger partial charge in [-0.15, -0.1) is 0 Å². The van der Waals surface area contributed by atoms with E-state index in [-0.39, 0.29) is 11.8 Å². The molecule has 1 aliphatic rings. The fourth-order valence-electron chi connectivity index (χ4n) is 2.38. The molecule has 1 fully saturated rings. The van der Waals surface area contributed by atoms with Crippen molar-refractivity contribution in [2.45, 2.75) is 20.3 Å². The van der Waals surface area contributed by atoms with Crippen molar-refractivity contribution in [2.75, 3.05) is 31.9 Å². The normalized spacial score (nSPS) is 15.4. The van der Waals surface area contributed by atoms with Crippen LogP contribution in [0.3, 0.4) is 0 Å². The molecule has 2 heterocycles. The van der Waals surface area contributed by atoms with Gasteiger partial charge in [-0.25, -0.2) is 4.98 Å². The van der Waals surface area contributed by atoms with Gasteiger partial charge in [-0.1, -0.05) is 13.8 Å². The molecular formula is C15H22N4O2. The van der Waals surface area contributed by atoms with E-state index in [1.165, 1.54) is 0 Å². The van der Waals surface area contributed by atoms with Crippen molar-refractivity contribution >= 4 is 17.5 Å². The van der Waals surface area contributed by atoms with Crippen LogP contribution in [0.15, 0.2) is 18.3 Å². The maximum absolute atomic E-state index is 12.4. The maximum atomic E-state index is 12.4. The number of hydrogen-bond acceptors (Lipinski definition) is 4. The molecule has 0 atom stereocenters. The first kappa shape index (κ1) is 15.3. The van der Waals surface area contributed by atoms with Crippen molar-refractivity contribution in [3.63, 3.8) is 0 Å². The highest BCUT2D eigenvalue weighted by Gasteiger charge is 2.26. The van der Waals surface area contributed by atoms with Crippen molar-refractivity contribution in [3.8, 4) is 0 Å². The zero-order valence-corrected chi connectivity index (χ0v) is 12.6. The number of carbonyl (C=O) groups is 2. The van der Waals surface area contributed by atoms with E-state index in [4.69, 9.17) is 5.73 Å². The third-order valence-corrected chi connectivity index (χ3v) is 3.54. The third kappa shape index (κ3) is 3.71. The van der Waals surface area contributed by atoms with Crippen LogP contribution in [-0.4, -0.2) is 52.8 Å². The lowest BCUT2D eigenvalue weighted by molar-refractivity contribution is -0.133. The molecule has 0 aliphatic carbocycles. The second-order valence-electron chi connectivity index (χ2n) is 5.71. The molecule has 0 unspecified atom stereocenters. The highest BCUT2D eigenvalue weighted by molar-refractivity contribution is 5.97. The van der Waals surface area contributed by atoms with Crippen molar-refractivity contribution in [2.24, 2.45) is 5.92 Å². The number of nitrogen functional groups attached to an aromatic ring is 1. The van der Waals surface area contributed by atoms with Gasteiger partial charge in [0.15, 0.2) is 5.69 Å². The average Bonchev–Trinajstić information content (AvgIpc) is 2.46. The summed E-state index contributed by atoms with van der Waals surface area (Å²) >= 11 is 0. The molecule has 2 rings (SSSR count). The number of carbonyl (C=O) groups excluding carboxylic acids is 2. The van der Waals surface area contributed by atoms with Gasteiger partial charge in [0, 0.05) is 38.8 Å². The Labute approximate surface area is 124 Å². The molecule has 0 spiro atoms. The summed E-state index contributed by atoms with van der Waals surface area (Å²) in [5.41, 5.74) is 6.46. The van der Waals surface area contributed by atoms with Crippen LogP contribution in [0.4, 0.5) is 5.69 Å². The lowest BCUT2D eigenvalue weighted by Crippen LogP contribution is -2.51. The van der Waals surface area contributed by atoms with E-state index < -0.39 is 0 Å². The number of pyridine rings is 1. The van der Waals surface area contributed by atoms with E-state index >= 15 is 0 Å². The summed E-state index contributed by atoms with van der Waals surface area (Å²) in [4.78, 5) is 31.9. The first-order valence-corrected chi connectivity index (χ1v) is 7.26. The van der Waals surface area contributed by atoms with Crippen LogP contribution in [0, 0.1) is 5.92 Å². The molecule has 1 aliphatic heterocycles. The zero-order valence-electron chi connectivity index (χ0n) is 12.6. The van der Waals surface area contributed by atoms with Gasteiger partial charge in [0.25, 0.3) is 5.91 Å². The number of amides is 2. The van der Waals surface area contributed by atoms with E-state index in [0.717, 1.165) is 0 Å². The minimum atomic E-state index is -0.163. The van der Waals surface area contributed by atoms with Crippen LogP contribution < -0.4 is 5.73 Å². The Morgan fingerprint density at radius 2 is 1.86 bits per heavy atom. The van der Waals surface area contributed by atoms with E-state index in [2.05, 4.69) is 4.98 Å². The van der Waals surface area contributed by atoms with Gasteiger partial charge in [0.05, 0.1) is 5.69 Å². The molecule has 0 saturated carbocycles. The van der Waals surface area contributed by atoms with Crippen LogP contribution >= 0.6 is 0 Å². The second-order valence-corrected chi connectivity index (χ2v) is 5.71. The fourth-order valence-corrected chi connectivity index (χ4v) is 2.38. The summed E-state index contributed by atoms with van der Waals surface area (Å²) in [6.45, 7) is 6.26. The maximum Gasteiger partial charge on any atom is 0.274 e. The monoisotopic (exact) mass is 290 g/mol. The molecule has 21 heavy (non-hydrogen) atoms. The van der Waals surface area contributed by atoms with Gasteiger partial charge in [-0.3, -0.25) is 9.59 Å². The number of nitrogens with two attached hydrogens (primary N) is 1. The first-order chi connectivity index (χ1) is 9.99. The summed E-state index contributed by atoms with van der Waals surface area (Å²) < 4.78 is 0. The Hall–Kier alpha value is -2.11. The van der Waals surface area contributed by atoms with Gasteiger partial charge in [-0.05, 0) is 18.1 Å². The van der Waals surface area contributed by atoms with Crippen molar-refractivity contribution < 1.29 is 9.59 Å². The molecule has 1 saturated heterocycles. The SMILES string of the molecule is CC(C)CC(=O)N1CCN(C(=O)c2ncccc2N)CC1. The number of rotatable bonds is 3. The fraction of sp³-hybridized carbons (Fsp3) is 0.533. The minimum absolute atomic E-state index is 0.162. The Kier molecular flexibility index (Phi) is 4.77. The minimum Gasteiger partial charge on any atom is -0.397 e. The topological polar surface area (TPSA) is 79.5 Å². The Balaban J connectivity index is 1.94. The number of aromatic nitrogens is 1. The molecular weight excluding hydrogens is 268 g/mol. The summed E-state index contributed by atoms with van der Waals surface area (Å²) in [6.07, 6.45) is 2.12. The van der Waals surface area contributed by atoms with Gasteiger partial charge >= 0.3 is 0 Å². The molecule has 6 nitrogen and oxygen atoms in total. The Morgan fingerprint density at radius 3 is 2.43 bits per heavy atom. The second kappa shape index (κ2) is 6.56. The third-order valence-electron chi connectivity index (χ3n) is 3.54. The molecule has 0 aromatic carbocycles. The summed E-state index contributed by atoms with van der Waals surface area (Å²) in [6, 6.07) is 3.37. The van der Waals surface area contributed by atoms with E-state index in [1.54, 1.807) is 23.2 Å². The molecule has 6 heteroatoms. The van der Waals surface area contributed by atoms with E-state index in [1.807, 2.05) is 18.7 Å². The van der Waals surface area contributed by atoms with E-state index in [9.17, 15) is 9.59 Å². The zero-order chi connectivity index (χ0) is 15.4. The largest absolute Gasteiger partial charge is 0.397 e. The van der Waals surface area contributed by atoms with Gasteiger partial charge < -0.3 is 15.5 Å². The Bertz CT molecular complexity index is 522. The van der Waals surface area contributed by atoms with Crippen molar-refractivity contribution in [3.05, 3.63) is 24.0 Å². The highest BCUT2D eigenvalue weighted by atomic mass is 16.2. The lowest BCUT2D eigenvalue weighted by Gasteiger charge is -2.35. The number of nitrogens with zero attached hydrogens (tertiary/aromatic N) is 3. The molecule has 2 amide bonds. The number of anilines is 1. The van der Waals surface area contributed by atoms with Crippen molar-refractivity contribution in [1.29, 1.82) is 0 Å². The molecule has 0 bridgehead atoms. The van der Waals surface area contributed by atoms with Gasteiger partial charge in [-0.2, -0.15) is 0 Å². The van der Waals surface area contributed by atoms with Crippen LogP contribution in [-0.2, 0) is 4.79 Å². The predicted octanol–water partition coefficient (Wildman–Crippen LogP) is 0.994. The number of piperazine rings is 1. The quantitative estimate of drug-likeness (QED) is 0.900. The molecule has 1 aromatic heterocycles. The number of hydrogen-bond donors (Lipinski definition) is 1. The van der Waals surface area contributed by atoms with Crippen LogP contribution in [0.25, 0.3) is 0 Å². The summed E-state index contributed by atoms with van der Waals surface area (Å²) in [7, 11) is 0. The average molecular weight is 290 g/mol.